The van der Waals surface area contributed by atoms with Gasteiger partial charge in [-0.2, -0.15) is 17.7 Å². The van der Waals surface area contributed by atoms with Crippen LogP contribution in [0.1, 0.15) is 48.7 Å². The molecule has 148 valence electrons. The minimum atomic E-state index is -4.39. The summed E-state index contributed by atoms with van der Waals surface area (Å²) in [5.41, 5.74) is 0.235. The molecule has 1 aliphatic heterocycles. The molecule has 5 nitrogen and oxygen atoms in total. The number of halogens is 5. The van der Waals surface area contributed by atoms with Gasteiger partial charge in [-0.05, 0) is 49.1 Å². The lowest BCUT2D eigenvalue weighted by molar-refractivity contribution is -0.137. The molecule has 4 rings (SSSR count). The van der Waals surface area contributed by atoms with Crippen molar-refractivity contribution in [3.05, 3.63) is 53.3 Å². The number of anilines is 1. The van der Waals surface area contributed by atoms with E-state index in [4.69, 9.17) is 0 Å². The molecule has 1 unspecified atom stereocenters. The van der Waals surface area contributed by atoms with Crippen molar-refractivity contribution < 1.29 is 22.0 Å². The Bertz CT molecular complexity index is 967. The Balaban J connectivity index is 1.69. The van der Waals surface area contributed by atoms with E-state index in [-0.39, 0.29) is 11.7 Å². The zero-order valence-electron chi connectivity index (χ0n) is 14.6. The lowest BCUT2D eigenvalue weighted by Crippen LogP contribution is -2.34. The van der Waals surface area contributed by atoms with Gasteiger partial charge in [-0.15, -0.1) is 15.3 Å². The highest BCUT2D eigenvalue weighted by Gasteiger charge is 2.31. The van der Waals surface area contributed by atoms with Crippen LogP contribution in [0.5, 0.6) is 0 Å². The zero-order valence-corrected chi connectivity index (χ0v) is 14.6. The van der Waals surface area contributed by atoms with Crippen LogP contribution >= 0.6 is 0 Å². The van der Waals surface area contributed by atoms with E-state index in [0.29, 0.717) is 12.4 Å². The van der Waals surface area contributed by atoms with Crippen LogP contribution in [0, 0.1) is 0 Å². The molecule has 1 saturated heterocycles. The molecule has 10 heteroatoms. The number of rotatable bonds is 3. The van der Waals surface area contributed by atoms with Gasteiger partial charge < -0.3 is 4.90 Å². The van der Waals surface area contributed by atoms with Crippen molar-refractivity contribution in [2.24, 2.45) is 0 Å². The van der Waals surface area contributed by atoms with E-state index in [1.165, 1.54) is 12.1 Å². The number of nitrogens with zero attached hydrogens (tertiary/aromatic N) is 5. The topological polar surface area (TPSA) is 46.3 Å². The summed E-state index contributed by atoms with van der Waals surface area (Å²) in [6.07, 6.45) is -4.68. The molecule has 1 fully saturated rings. The molecule has 0 saturated carbocycles. The summed E-state index contributed by atoms with van der Waals surface area (Å²) in [6, 6.07) is 8.09. The number of piperidine rings is 1. The van der Waals surface area contributed by atoms with Crippen molar-refractivity contribution in [3.63, 3.8) is 0 Å². The zero-order chi connectivity index (χ0) is 19.9. The lowest BCUT2D eigenvalue weighted by Gasteiger charge is -2.37. The molecule has 3 heterocycles. The van der Waals surface area contributed by atoms with Crippen molar-refractivity contribution in [2.75, 3.05) is 11.4 Å². The number of hydrogen-bond donors (Lipinski definition) is 0. The van der Waals surface area contributed by atoms with Gasteiger partial charge in [0.05, 0.1) is 11.6 Å². The summed E-state index contributed by atoms with van der Waals surface area (Å²) in [6.45, 7) is 0.621. The highest BCUT2D eigenvalue weighted by molar-refractivity contribution is 5.48. The van der Waals surface area contributed by atoms with Crippen molar-refractivity contribution >= 4 is 11.5 Å². The molecule has 1 aromatic carbocycles. The smallest absolute Gasteiger partial charge is 0.348 e. The molecule has 0 bridgehead atoms. The number of hydrogen-bond acceptors (Lipinski definition) is 4. The Labute approximate surface area is 156 Å². The monoisotopic (exact) mass is 397 g/mol. The second kappa shape index (κ2) is 6.99. The quantitative estimate of drug-likeness (QED) is 0.595. The van der Waals surface area contributed by atoms with Gasteiger partial charge in [0.2, 0.25) is 5.82 Å². The van der Waals surface area contributed by atoms with Gasteiger partial charge >= 0.3 is 6.18 Å². The SMILES string of the molecule is FC(F)c1nnc2ccc(N3CCCCC3c3ccc(C(F)(F)F)cc3)nn12. The third-order valence-corrected chi connectivity index (χ3v) is 4.89. The number of alkyl halides is 5. The third-order valence-electron chi connectivity index (χ3n) is 4.89. The Morgan fingerprint density at radius 3 is 2.39 bits per heavy atom. The highest BCUT2D eigenvalue weighted by Crippen LogP contribution is 2.36. The molecule has 2 aromatic heterocycles. The average Bonchev–Trinajstić information content (AvgIpc) is 3.11. The first-order valence-electron chi connectivity index (χ1n) is 8.79. The molecule has 0 N–H and O–H groups in total. The van der Waals surface area contributed by atoms with Crippen LogP contribution in [-0.4, -0.2) is 26.4 Å². The van der Waals surface area contributed by atoms with E-state index >= 15 is 0 Å². The fraction of sp³-hybridized carbons (Fsp3) is 0.389. The standard InChI is InChI=1S/C18H16F5N5/c19-16(20)17-25-24-14-8-9-15(26-28(14)17)27-10-2-1-3-13(27)11-4-6-12(7-5-11)18(21,22)23/h4-9,13,16H,1-3,10H2. The van der Waals surface area contributed by atoms with Crippen LogP contribution in [0.2, 0.25) is 0 Å². The van der Waals surface area contributed by atoms with Crippen molar-refractivity contribution in [1.82, 2.24) is 19.8 Å². The minimum Gasteiger partial charge on any atom is -0.348 e. The summed E-state index contributed by atoms with van der Waals surface area (Å²) in [7, 11) is 0. The molecule has 3 aromatic rings. The summed E-state index contributed by atoms with van der Waals surface area (Å²) in [5, 5.41) is 11.4. The lowest BCUT2D eigenvalue weighted by atomic mass is 9.94. The van der Waals surface area contributed by atoms with Crippen molar-refractivity contribution in [2.45, 2.75) is 37.9 Å². The largest absolute Gasteiger partial charge is 0.416 e. The maximum absolute atomic E-state index is 13.1. The molecule has 28 heavy (non-hydrogen) atoms. The predicted molar refractivity (Wildman–Crippen MR) is 91.1 cm³/mol. The van der Waals surface area contributed by atoms with Crippen molar-refractivity contribution in [3.8, 4) is 0 Å². The minimum absolute atomic E-state index is 0.188. The van der Waals surface area contributed by atoms with Crippen LogP contribution in [0.3, 0.4) is 0 Å². The highest BCUT2D eigenvalue weighted by atomic mass is 19.4. The van der Waals surface area contributed by atoms with E-state index in [1.54, 1.807) is 12.1 Å². The van der Waals surface area contributed by atoms with E-state index in [9.17, 15) is 22.0 Å². The Hall–Kier alpha value is -2.78. The first-order valence-corrected chi connectivity index (χ1v) is 8.79. The number of fused-ring (bicyclic) bond motifs is 1. The summed E-state index contributed by atoms with van der Waals surface area (Å²) >= 11 is 0. The number of aromatic nitrogens is 4. The second-order valence-electron chi connectivity index (χ2n) is 6.65. The van der Waals surface area contributed by atoms with Crippen LogP contribution in [0.25, 0.3) is 5.65 Å². The Morgan fingerprint density at radius 2 is 1.71 bits per heavy atom. The van der Waals surface area contributed by atoms with Gasteiger partial charge in [-0.3, -0.25) is 0 Å². The first-order chi connectivity index (χ1) is 13.3. The van der Waals surface area contributed by atoms with Crippen LogP contribution in [0.4, 0.5) is 27.8 Å². The Kier molecular flexibility index (Phi) is 4.64. The van der Waals surface area contributed by atoms with Gasteiger partial charge in [0.25, 0.3) is 6.43 Å². The Morgan fingerprint density at radius 1 is 0.964 bits per heavy atom. The van der Waals surface area contributed by atoms with Gasteiger partial charge in [0, 0.05) is 6.54 Å². The third kappa shape index (κ3) is 3.38. The van der Waals surface area contributed by atoms with Gasteiger partial charge in [0.15, 0.2) is 5.65 Å². The average molecular weight is 397 g/mol. The molecule has 0 amide bonds. The predicted octanol–water partition coefficient (Wildman–Crippen LogP) is 4.81. The van der Waals surface area contributed by atoms with Gasteiger partial charge in [0.1, 0.15) is 5.82 Å². The summed E-state index contributed by atoms with van der Waals surface area (Å²) in [5.74, 6) is -0.0845. The second-order valence-corrected chi connectivity index (χ2v) is 6.65. The van der Waals surface area contributed by atoms with Crippen LogP contribution in [-0.2, 0) is 6.18 Å². The molecule has 1 aliphatic rings. The maximum atomic E-state index is 13.1. The fourth-order valence-electron chi connectivity index (χ4n) is 3.53. The summed E-state index contributed by atoms with van der Waals surface area (Å²) < 4.78 is 65.7. The normalized spacial score (nSPS) is 18.2. The van der Waals surface area contributed by atoms with Crippen LogP contribution < -0.4 is 4.90 Å². The fourth-order valence-corrected chi connectivity index (χ4v) is 3.53. The molecule has 0 radical (unpaired) electrons. The summed E-state index contributed by atoms with van der Waals surface area (Å²) in [4.78, 5) is 1.93. The van der Waals surface area contributed by atoms with Gasteiger partial charge in [-0.25, -0.2) is 8.78 Å². The molecule has 1 atom stereocenters. The molecule has 0 aliphatic carbocycles. The maximum Gasteiger partial charge on any atom is 0.416 e. The molecular weight excluding hydrogens is 381 g/mol. The van der Waals surface area contributed by atoms with Gasteiger partial charge in [-0.1, -0.05) is 12.1 Å². The van der Waals surface area contributed by atoms with E-state index in [2.05, 4.69) is 15.3 Å². The molecular formula is C18H16F5N5. The number of benzene rings is 1. The van der Waals surface area contributed by atoms with E-state index in [0.717, 1.165) is 41.5 Å². The first kappa shape index (κ1) is 18.6. The van der Waals surface area contributed by atoms with E-state index in [1.807, 2.05) is 4.90 Å². The van der Waals surface area contributed by atoms with Crippen LogP contribution in [0.15, 0.2) is 36.4 Å². The van der Waals surface area contributed by atoms with Crippen molar-refractivity contribution in [1.29, 1.82) is 0 Å². The molecule has 0 spiro atoms. The van der Waals surface area contributed by atoms with E-state index < -0.39 is 24.0 Å².